The summed E-state index contributed by atoms with van der Waals surface area (Å²) in [5.74, 6) is 0.667. The maximum absolute atomic E-state index is 11.5. The van der Waals surface area contributed by atoms with E-state index in [-0.39, 0.29) is 10.4 Å². The van der Waals surface area contributed by atoms with Gasteiger partial charge >= 0.3 is 11.9 Å². The van der Waals surface area contributed by atoms with Crippen molar-refractivity contribution in [1.29, 1.82) is 0 Å². The van der Waals surface area contributed by atoms with Gasteiger partial charge in [0.2, 0.25) is 4.32 Å². The summed E-state index contributed by atoms with van der Waals surface area (Å²) in [6.07, 6.45) is 0. The Morgan fingerprint density at radius 1 is 1.69 bits per heavy atom. The van der Waals surface area contributed by atoms with Crippen LogP contribution in [0, 0.1) is 0 Å². The normalized spacial score (nSPS) is 28.4. The van der Waals surface area contributed by atoms with E-state index in [2.05, 4.69) is 20.6 Å². The van der Waals surface area contributed by atoms with Gasteiger partial charge < -0.3 is 0 Å². The van der Waals surface area contributed by atoms with Crippen LogP contribution >= 0.6 is 24.0 Å². The predicted octanol–water partition coefficient (Wildman–Crippen LogP) is -0.305. The molecule has 1 aromatic heterocycles. The van der Waals surface area contributed by atoms with Crippen molar-refractivity contribution < 1.29 is 4.79 Å². The minimum Gasteiger partial charge on any atom is -0.229 e. The van der Waals surface area contributed by atoms with Crippen molar-refractivity contribution in [1.82, 2.24) is 25.1 Å². The van der Waals surface area contributed by atoms with Crippen LogP contribution in [-0.2, 0) is 4.79 Å². The number of quaternary nitrogens is 1. The van der Waals surface area contributed by atoms with E-state index in [0.717, 1.165) is 0 Å². The number of hydrogen-bond donors (Lipinski definition) is 1. The number of thiocarbonyl (C=S) groups is 1. The molecule has 0 bridgehead atoms. The summed E-state index contributed by atoms with van der Waals surface area (Å²) in [6.45, 7) is 0. The summed E-state index contributed by atoms with van der Waals surface area (Å²) in [6, 6.07) is 0. The summed E-state index contributed by atoms with van der Waals surface area (Å²) in [7, 11) is 1.68. The van der Waals surface area contributed by atoms with Gasteiger partial charge in [-0.1, -0.05) is 10.2 Å². The molecule has 1 amide bonds. The van der Waals surface area contributed by atoms with Crippen molar-refractivity contribution in [3.05, 3.63) is 0 Å². The molecule has 0 aliphatic carbocycles. The number of hydrogen-bond acceptors (Lipinski definition) is 6. The average molecular weight is 216 g/mol. The maximum atomic E-state index is 11.5. The molecule has 1 saturated heterocycles. The van der Waals surface area contributed by atoms with Crippen LogP contribution in [0.15, 0.2) is 0 Å². The first-order chi connectivity index (χ1) is 6.15. The molecule has 0 radical (unpaired) electrons. The van der Waals surface area contributed by atoms with Crippen molar-refractivity contribution in [3.63, 3.8) is 0 Å². The van der Waals surface area contributed by atoms with E-state index < -0.39 is 0 Å². The molecule has 68 valence electrons. The number of rotatable bonds is 1. The lowest BCUT2D eigenvalue weighted by Crippen LogP contribution is -2.50. The molecule has 1 aromatic rings. The highest BCUT2D eigenvalue weighted by Crippen LogP contribution is 2.29. The van der Waals surface area contributed by atoms with Crippen LogP contribution in [0.3, 0.4) is 0 Å². The summed E-state index contributed by atoms with van der Waals surface area (Å²) < 4.78 is 0.433. The molecule has 13 heavy (non-hydrogen) atoms. The number of aromatic amines is 1. The summed E-state index contributed by atoms with van der Waals surface area (Å²) in [4.78, 5) is 11.5. The SMILES string of the molecule is C[N+]1(c2nn[nH]n2)C(=O)CSC1=S. The number of nitrogens with zero attached hydrogens (tertiary/aromatic N) is 4. The van der Waals surface area contributed by atoms with Gasteiger partial charge in [0.05, 0.1) is 7.05 Å². The van der Waals surface area contributed by atoms with Crippen LogP contribution in [0.1, 0.15) is 0 Å². The maximum Gasteiger partial charge on any atom is 0.381 e. The fourth-order valence-electron chi connectivity index (χ4n) is 1.02. The molecule has 1 N–H and O–H groups in total. The van der Waals surface area contributed by atoms with E-state index in [1.165, 1.54) is 11.8 Å². The molecule has 0 spiro atoms. The second kappa shape index (κ2) is 2.82. The first-order valence-corrected chi connectivity index (χ1v) is 4.86. The van der Waals surface area contributed by atoms with Crippen LogP contribution in [0.5, 0.6) is 0 Å². The van der Waals surface area contributed by atoms with Crippen molar-refractivity contribution in [3.8, 4) is 0 Å². The van der Waals surface area contributed by atoms with E-state index in [4.69, 9.17) is 12.2 Å². The van der Waals surface area contributed by atoms with Crippen molar-refractivity contribution in [2.45, 2.75) is 0 Å². The molecule has 8 heteroatoms. The molecular weight excluding hydrogens is 210 g/mol. The third-order valence-corrected chi connectivity index (χ3v) is 3.64. The number of carbonyl (C=O) groups is 1. The minimum absolute atomic E-state index is 0.0172. The van der Waals surface area contributed by atoms with Crippen molar-refractivity contribution >= 4 is 40.2 Å². The molecule has 1 fully saturated rings. The Morgan fingerprint density at radius 3 is 2.92 bits per heavy atom. The lowest BCUT2D eigenvalue weighted by molar-refractivity contribution is -0.122. The van der Waals surface area contributed by atoms with Crippen LogP contribution in [0.4, 0.5) is 5.95 Å². The average Bonchev–Trinajstić information content (AvgIpc) is 2.70. The van der Waals surface area contributed by atoms with Gasteiger partial charge in [0, 0.05) is 0 Å². The molecule has 2 heterocycles. The molecule has 1 unspecified atom stereocenters. The standard InChI is InChI=1S/C5H6N5OS2/c1-10(4-6-8-9-7-4)3(11)2-13-5(10)12/h2H2,1H3,(H,6,7,8,9)/q+1. The van der Waals surface area contributed by atoms with Gasteiger partial charge in [0.15, 0.2) is 0 Å². The molecule has 1 atom stereocenters. The third kappa shape index (κ3) is 1.10. The minimum atomic E-state index is -0.128. The zero-order valence-corrected chi connectivity index (χ0v) is 8.35. The van der Waals surface area contributed by atoms with Crippen LogP contribution in [0.25, 0.3) is 0 Å². The van der Waals surface area contributed by atoms with Crippen LogP contribution < -0.4 is 4.48 Å². The van der Waals surface area contributed by atoms with Crippen molar-refractivity contribution in [2.24, 2.45) is 0 Å². The van der Waals surface area contributed by atoms with E-state index in [1.54, 1.807) is 7.05 Å². The number of H-pyrrole nitrogens is 1. The zero-order valence-electron chi connectivity index (χ0n) is 6.72. The Morgan fingerprint density at radius 2 is 2.46 bits per heavy atom. The second-order valence-corrected chi connectivity index (χ2v) is 4.28. The number of aromatic nitrogens is 4. The summed E-state index contributed by atoms with van der Waals surface area (Å²) >= 11 is 6.41. The van der Waals surface area contributed by atoms with Gasteiger partial charge in [0.1, 0.15) is 5.75 Å². The molecule has 1 aliphatic heterocycles. The van der Waals surface area contributed by atoms with E-state index in [1.807, 2.05) is 0 Å². The van der Waals surface area contributed by atoms with E-state index in [0.29, 0.717) is 16.0 Å². The molecule has 2 rings (SSSR count). The smallest absolute Gasteiger partial charge is 0.229 e. The first-order valence-electron chi connectivity index (χ1n) is 3.47. The largest absolute Gasteiger partial charge is 0.381 e. The number of carbonyl (C=O) groups excluding carboxylic acids is 1. The number of tetrazole rings is 1. The number of thioether (sulfide) groups is 1. The Balaban J connectivity index is 2.50. The highest BCUT2D eigenvalue weighted by molar-refractivity contribution is 8.24. The van der Waals surface area contributed by atoms with E-state index in [9.17, 15) is 4.79 Å². The van der Waals surface area contributed by atoms with Gasteiger partial charge in [-0.05, 0) is 29.2 Å². The van der Waals surface area contributed by atoms with Gasteiger partial charge in [0.25, 0.3) is 0 Å². The van der Waals surface area contributed by atoms with Gasteiger partial charge in [-0.3, -0.25) is 0 Å². The molecule has 0 saturated carbocycles. The van der Waals surface area contributed by atoms with Gasteiger partial charge in [-0.2, -0.15) is 5.21 Å². The van der Waals surface area contributed by atoms with Crippen LogP contribution in [0.2, 0.25) is 0 Å². The molecule has 0 aromatic carbocycles. The highest BCUT2D eigenvalue weighted by Gasteiger charge is 2.49. The lowest BCUT2D eigenvalue weighted by Gasteiger charge is -2.17. The Bertz CT molecular complexity index is 345. The summed E-state index contributed by atoms with van der Waals surface area (Å²) in [5.41, 5.74) is 0. The zero-order chi connectivity index (χ0) is 9.47. The van der Waals surface area contributed by atoms with Gasteiger partial charge in [-0.25, -0.2) is 4.79 Å². The molecular formula is C5H6N5OS2+. The fourth-order valence-corrected chi connectivity index (χ4v) is 2.33. The lowest BCUT2D eigenvalue weighted by atomic mass is 10.5. The quantitative estimate of drug-likeness (QED) is 0.513. The predicted molar refractivity (Wildman–Crippen MR) is 52.0 cm³/mol. The first kappa shape index (κ1) is 8.73. The number of amides is 1. The topological polar surface area (TPSA) is 71.5 Å². The molecule has 6 nitrogen and oxygen atoms in total. The Labute approximate surface area is 83.3 Å². The molecule has 1 aliphatic rings. The third-order valence-electron chi connectivity index (χ3n) is 1.92. The van der Waals surface area contributed by atoms with Crippen molar-refractivity contribution in [2.75, 3.05) is 12.8 Å². The summed E-state index contributed by atoms with van der Waals surface area (Å²) in [5, 5.41) is 13.3. The fraction of sp³-hybridized carbons (Fsp3) is 0.400. The number of nitrogens with one attached hydrogen (secondary N) is 1. The van der Waals surface area contributed by atoms with Crippen LogP contribution in [-0.4, -0.2) is 43.7 Å². The van der Waals surface area contributed by atoms with Gasteiger partial charge in [-0.15, -0.1) is 4.48 Å². The second-order valence-electron chi connectivity index (χ2n) is 2.67. The monoisotopic (exact) mass is 216 g/mol. The Kier molecular flexibility index (Phi) is 1.90. The Hall–Kier alpha value is -0.860. The van der Waals surface area contributed by atoms with E-state index >= 15 is 0 Å². The highest BCUT2D eigenvalue weighted by atomic mass is 32.2.